The molecule has 2 aromatic rings. The smallest absolute Gasteiger partial charge is 0.416 e. The van der Waals surface area contributed by atoms with Crippen molar-refractivity contribution in [3.63, 3.8) is 0 Å². The van der Waals surface area contributed by atoms with Gasteiger partial charge in [-0.2, -0.15) is 13.2 Å². The molecule has 3 atom stereocenters. The van der Waals surface area contributed by atoms with Crippen LogP contribution in [0.3, 0.4) is 0 Å². The number of alkyl halides is 3. The van der Waals surface area contributed by atoms with Crippen molar-refractivity contribution < 1.29 is 32.7 Å². The molecular weight excluding hydrogens is 465 g/mol. The molecule has 0 spiro atoms. The predicted molar refractivity (Wildman–Crippen MR) is 121 cm³/mol. The second-order valence-electron chi connectivity index (χ2n) is 8.62. The number of piperazine rings is 1. The quantitative estimate of drug-likeness (QED) is 0.438. The highest BCUT2D eigenvalue weighted by atomic mass is 19.4. The first kappa shape index (κ1) is 24.8. The molecule has 2 fully saturated rings. The van der Waals surface area contributed by atoms with Crippen LogP contribution in [-0.4, -0.2) is 66.8 Å². The summed E-state index contributed by atoms with van der Waals surface area (Å²) in [6.07, 6.45) is -5.12. The highest BCUT2D eigenvalue weighted by Gasteiger charge is 2.42. The van der Waals surface area contributed by atoms with Crippen LogP contribution in [-0.2, 0) is 15.8 Å². The second-order valence-corrected chi connectivity index (χ2v) is 8.62. The molecule has 0 aliphatic carbocycles. The molecule has 3 N–H and O–H groups in total. The number of hydrogen-bond donors (Lipinski definition) is 3. The SMILES string of the molecule is O=C(NO)C1CC(Oc2cccc(C(F)(F)F)c2)CNC1C(=O)N1CCN(c2ccccc2)CC1. The average Bonchev–Trinajstić information content (AvgIpc) is 2.88. The third-order valence-corrected chi connectivity index (χ3v) is 6.37. The van der Waals surface area contributed by atoms with E-state index in [9.17, 15) is 28.0 Å². The summed E-state index contributed by atoms with van der Waals surface area (Å²) in [6, 6.07) is 13.5. The first-order valence-electron chi connectivity index (χ1n) is 11.4. The van der Waals surface area contributed by atoms with E-state index in [1.165, 1.54) is 12.1 Å². The number of hydroxylamine groups is 1. The van der Waals surface area contributed by atoms with Crippen LogP contribution in [0, 0.1) is 5.92 Å². The van der Waals surface area contributed by atoms with E-state index in [4.69, 9.17) is 4.74 Å². The summed E-state index contributed by atoms with van der Waals surface area (Å²) >= 11 is 0. The van der Waals surface area contributed by atoms with Gasteiger partial charge in [0.2, 0.25) is 11.8 Å². The van der Waals surface area contributed by atoms with E-state index >= 15 is 0 Å². The van der Waals surface area contributed by atoms with Crippen molar-refractivity contribution in [1.29, 1.82) is 0 Å². The number of nitrogens with zero attached hydrogens (tertiary/aromatic N) is 2. The van der Waals surface area contributed by atoms with E-state index in [0.717, 1.165) is 17.8 Å². The molecule has 2 aliphatic heterocycles. The van der Waals surface area contributed by atoms with Crippen molar-refractivity contribution in [1.82, 2.24) is 15.7 Å². The molecule has 2 amide bonds. The average molecular weight is 492 g/mol. The molecule has 8 nitrogen and oxygen atoms in total. The van der Waals surface area contributed by atoms with Crippen LogP contribution < -0.4 is 20.4 Å². The topological polar surface area (TPSA) is 94.1 Å². The first-order valence-corrected chi connectivity index (χ1v) is 11.4. The zero-order valence-corrected chi connectivity index (χ0v) is 18.9. The summed E-state index contributed by atoms with van der Waals surface area (Å²) in [7, 11) is 0. The number of anilines is 1. The van der Waals surface area contributed by atoms with Gasteiger partial charge in [-0.05, 0) is 36.8 Å². The summed E-state index contributed by atoms with van der Waals surface area (Å²) in [5, 5.41) is 12.3. The highest BCUT2D eigenvalue weighted by Crippen LogP contribution is 2.32. The van der Waals surface area contributed by atoms with E-state index in [2.05, 4.69) is 10.2 Å². The number of carbonyl (C=O) groups excluding carboxylic acids is 2. The lowest BCUT2D eigenvalue weighted by atomic mass is 9.87. The van der Waals surface area contributed by atoms with Crippen LogP contribution in [0.25, 0.3) is 0 Å². The van der Waals surface area contributed by atoms with Crippen LogP contribution in [0.4, 0.5) is 18.9 Å². The zero-order valence-electron chi connectivity index (χ0n) is 18.9. The number of carbonyl (C=O) groups is 2. The third kappa shape index (κ3) is 5.85. The predicted octanol–water partition coefficient (Wildman–Crippen LogP) is 2.29. The molecular formula is C24H27F3N4O4. The Morgan fingerprint density at radius 2 is 1.74 bits per heavy atom. The first-order chi connectivity index (χ1) is 16.8. The molecule has 0 saturated carbocycles. The van der Waals surface area contributed by atoms with Crippen LogP contribution in [0.5, 0.6) is 5.75 Å². The lowest BCUT2D eigenvalue weighted by molar-refractivity contribution is -0.145. The molecule has 188 valence electrons. The molecule has 4 rings (SSSR count). The Morgan fingerprint density at radius 1 is 1.03 bits per heavy atom. The molecule has 3 unspecified atom stereocenters. The van der Waals surface area contributed by atoms with Gasteiger partial charge in [-0.25, -0.2) is 5.48 Å². The van der Waals surface area contributed by atoms with Crippen LogP contribution in [0.2, 0.25) is 0 Å². The van der Waals surface area contributed by atoms with Crippen molar-refractivity contribution in [3.05, 3.63) is 60.2 Å². The largest absolute Gasteiger partial charge is 0.489 e. The number of halogens is 3. The number of ether oxygens (including phenoxy) is 1. The molecule has 35 heavy (non-hydrogen) atoms. The van der Waals surface area contributed by atoms with Gasteiger partial charge < -0.3 is 19.9 Å². The molecule has 0 radical (unpaired) electrons. The summed E-state index contributed by atoms with van der Waals surface area (Å²) < 4.78 is 44.7. The second kappa shape index (κ2) is 10.5. The maximum absolute atomic E-state index is 13.3. The Morgan fingerprint density at radius 3 is 2.40 bits per heavy atom. The summed E-state index contributed by atoms with van der Waals surface area (Å²) in [5.74, 6) is -1.96. The number of piperidine rings is 1. The van der Waals surface area contributed by atoms with Gasteiger partial charge in [0.1, 0.15) is 11.9 Å². The standard InChI is InChI=1S/C24H27F3N4O4/c25-24(26,27)16-5-4-8-18(13-16)35-19-14-20(22(32)29-34)21(28-15-19)23(33)31-11-9-30(10-12-31)17-6-2-1-3-7-17/h1-8,13,19-21,28,34H,9-12,14-15H2,(H,29,32). The van der Waals surface area contributed by atoms with Crippen LogP contribution >= 0.6 is 0 Å². The minimum atomic E-state index is -4.51. The van der Waals surface area contributed by atoms with Gasteiger partial charge in [0.15, 0.2) is 0 Å². The van der Waals surface area contributed by atoms with Crippen molar-refractivity contribution in [2.75, 3.05) is 37.6 Å². The van der Waals surface area contributed by atoms with Crippen LogP contribution in [0.15, 0.2) is 54.6 Å². The maximum atomic E-state index is 13.3. The normalized spacial score (nSPS) is 23.0. The number of rotatable bonds is 5. The molecule has 2 heterocycles. The minimum Gasteiger partial charge on any atom is -0.489 e. The highest BCUT2D eigenvalue weighted by molar-refractivity contribution is 5.90. The number of amides is 2. The zero-order chi connectivity index (χ0) is 25.0. The van der Waals surface area contributed by atoms with Crippen molar-refractivity contribution in [2.45, 2.75) is 24.7 Å². The monoisotopic (exact) mass is 492 g/mol. The van der Waals surface area contributed by atoms with Gasteiger partial charge in [-0.3, -0.25) is 14.8 Å². The molecule has 0 bridgehead atoms. The van der Waals surface area contributed by atoms with E-state index in [0.29, 0.717) is 26.2 Å². The van der Waals surface area contributed by atoms with Gasteiger partial charge in [-0.1, -0.05) is 24.3 Å². The fraction of sp³-hybridized carbons (Fsp3) is 0.417. The lowest BCUT2D eigenvalue weighted by Crippen LogP contribution is -2.62. The van der Waals surface area contributed by atoms with Gasteiger partial charge in [-0.15, -0.1) is 0 Å². The molecule has 2 saturated heterocycles. The van der Waals surface area contributed by atoms with E-state index < -0.39 is 35.7 Å². The molecule has 2 aromatic carbocycles. The minimum absolute atomic E-state index is 0.0107. The lowest BCUT2D eigenvalue weighted by Gasteiger charge is -2.41. The van der Waals surface area contributed by atoms with Crippen molar-refractivity contribution in [2.24, 2.45) is 5.92 Å². The fourth-order valence-corrected chi connectivity index (χ4v) is 4.55. The summed E-state index contributed by atoms with van der Waals surface area (Å²) in [4.78, 5) is 29.5. The maximum Gasteiger partial charge on any atom is 0.416 e. The number of nitrogens with one attached hydrogen (secondary N) is 2. The van der Waals surface area contributed by atoms with E-state index in [-0.39, 0.29) is 24.6 Å². The number of benzene rings is 2. The van der Waals surface area contributed by atoms with E-state index in [1.807, 2.05) is 30.3 Å². The summed E-state index contributed by atoms with van der Waals surface area (Å²) in [6.45, 7) is 2.39. The number of para-hydroxylation sites is 1. The van der Waals surface area contributed by atoms with Crippen molar-refractivity contribution >= 4 is 17.5 Å². The summed E-state index contributed by atoms with van der Waals surface area (Å²) in [5.41, 5.74) is 1.83. The Hall–Kier alpha value is -3.31. The van der Waals surface area contributed by atoms with Crippen LogP contribution in [0.1, 0.15) is 12.0 Å². The number of hydrogen-bond acceptors (Lipinski definition) is 6. The van der Waals surface area contributed by atoms with E-state index in [1.54, 1.807) is 10.4 Å². The Bertz CT molecular complexity index is 1030. The third-order valence-electron chi connectivity index (χ3n) is 6.37. The fourth-order valence-electron chi connectivity index (χ4n) is 4.55. The Labute approximate surface area is 200 Å². The van der Waals surface area contributed by atoms with Crippen molar-refractivity contribution in [3.8, 4) is 5.75 Å². The van der Waals surface area contributed by atoms with Gasteiger partial charge in [0.25, 0.3) is 0 Å². The Kier molecular flexibility index (Phi) is 7.46. The van der Waals surface area contributed by atoms with Gasteiger partial charge >= 0.3 is 6.18 Å². The molecule has 11 heteroatoms. The molecule has 2 aliphatic rings. The van der Waals surface area contributed by atoms with Gasteiger partial charge in [0, 0.05) is 38.4 Å². The van der Waals surface area contributed by atoms with Gasteiger partial charge in [0.05, 0.1) is 17.5 Å². The molecule has 0 aromatic heterocycles. The Balaban J connectivity index is 1.39.